The van der Waals surface area contributed by atoms with Gasteiger partial charge in [-0.25, -0.2) is 0 Å². The van der Waals surface area contributed by atoms with Gasteiger partial charge in [0.05, 0.1) is 0 Å². The van der Waals surface area contributed by atoms with Crippen molar-refractivity contribution in [2.75, 3.05) is 0 Å². The molecule has 0 saturated heterocycles. The van der Waals surface area contributed by atoms with Crippen molar-refractivity contribution in [1.29, 1.82) is 0 Å². The van der Waals surface area contributed by atoms with Crippen molar-refractivity contribution in [2.45, 2.75) is 71.9 Å². The van der Waals surface area contributed by atoms with E-state index in [1.54, 1.807) is 0 Å². The van der Waals surface area contributed by atoms with E-state index in [1.165, 1.54) is 32.1 Å². The second-order valence-corrected chi connectivity index (χ2v) is 6.61. The number of hydrogen-bond donors (Lipinski definition) is 1. The highest BCUT2D eigenvalue weighted by Gasteiger charge is 2.39. The summed E-state index contributed by atoms with van der Waals surface area (Å²) in [6.45, 7) is 9.56. The lowest BCUT2D eigenvalue weighted by Crippen LogP contribution is -2.44. The van der Waals surface area contributed by atoms with Crippen molar-refractivity contribution < 1.29 is 0 Å². The summed E-state index contributed by atoms with van der Waals surface area (Å²) in [6.07, 6.45) is 7.11. The Morgan fingerprint density at radius 1 is 1.12 bits per heavy atom. The minimum absolute atomic E-state index is 0.810. The van der Waals surface area contributed by atoms with Gasteiger partial charge in [-0.3, -0.25) is 0 Å². The number of nitrogens with one attached hydrogen (secondary N) is 1. The maximum absolute atomic E-state index is 3.96. The van der Waals surface area contributed by atoms with Crippen LogP contribution < -0.4 is 5.32 Å². The van der Waals surface area contributed by atoms with Crippen LogP contribution in [0.2, 0.25) is 0 Å². The molecule has 0 aromatic rings. The third-order valence-electron chi connectivity index (χ3n) is 4.90. The van der Waals surface area contributed by atoms with Gasteiger partial charge in [-0.1, -0.05) is 40.5 Å². The maximum atomic E-state index is 3.96. The van der Waals surface area contributed by atoms with E-state index in [9.17, 15) is 0 Å². The SMILES string of the molecule is CCC1CC1NC1CC(C)CCC1C(C)C. The van der Waals surface area contributed by atoms with E-state index >= 15 is 0 Å². The summed E-state index contributed by atoms with van der Waals surface area (Å²) in [7, 11) is 0. The Balaban J connectivity index is 1.88. The van der Waals surface area contributed by atoms with Crippen molar-refractivity contribution in [3.63, 3.8) is 0 Å². The lowest BCUT2D eigenvalue weighted by atomic mass is 9.74. The molecule has 0 heterocycles. The highest BCUT2D eigenvalue weighted by Crippen LogP contribution is 2.38. The molecule has 2 aliphatic carbocycles. The molecule has 0 amide bonds. The molecule has 0 radical (unpaired) electrons. The first kappa shape index (κ1) is 12.4. The smallest absolute Gasteiger partial charge is 0.0103 e. The summed E-state index contributed by atoms with van der Waals surface area (Å²) in [4.78, 5) is 0. The van der Waals surface area contributed by atoms with Crippen molar-refractivity contribution in [1.82, 2.24) is 5.32 Å². The lowest BCUT2D eigenvalue weighted by Gasteiger charge is -2.38. The average molecular weight is 223 g/mol. The van der Waals surface area contributed by atoms with Crippen molar-refractivity contribution >= 4 is 0 Å². The monoisotopic (exact) mass is 223 g/mol. The summed E-state index contributed by atoms with van der Waals surface area (Å²) in [5.41, 5.74) is 0. The van der Waals surface area contributed by atoms with Gasteiger partial charge in [0.1, 0.15) is 0 Å². The van der Waals surface area contributed by atoms with E-state index in [0.717, 1.165) is 35.8 Å². The molecule has 5 unspecified atom stereocenters. The van der Waals surface area contributed by atoms with Gasteiger partial charge in [0.15, 0.2) is 0 Å². The third-order valence-corrected chi connectivity index (χ3v) is 4.90. The Kier molecular flexibility index (Phi) is 3.94. The van der Waals surface area contributed by atoms with Crippen LogP contribution in [-0.2, 0) is 0 Å². The molecule has 2 saturated carbocycles. The Labute approximate surface area is 101 Å². The summed E-state index contributed by atoms with van der Waals surface area (Å²) in [5.74, 6) is 3.70. The predicted molar refractivity (Wildman–Crippen MR) is 70.5 cm³/mol. The fourth-order valence-corrected chi connectivity index (χ4v) is 3.57. The molecule has 0 aromatic carbocycles. The topological polar surface area (TPSA) is 12.0 Å². The first-order valence-corrected chi connectivity index (χ1v) is 7.37. The van der Waals surface area contributed by atoms with Crippen molar-refractivity contribution in [3.05, 3.63) is 0 Å². The van der Waals surface area contributed by atoms with Gasteiger partial charge in [0, 0.05) is 12.1 Å². The Hall–Kier alpha value is -0.0400. The molecule has 0 spiro atoms. The van der Waals surface area contributed by atoms with Crippen LogP contribution in [-0.4, -0.2) is 12.1 Å². The minimum atomic E-state index is 0.810. The second kappa shape index (κ2) is 5.08. The predicted octanol–water partition coefficient (Wildman–Crippen LogP) is 3.84. The van der Waals surface area contributed by atoms with Crippen LogP contribution in [0.25, 0.3) is 0 Å². The van der Waals surface area contributed by atoms with Crippen LogP contribution in [0.5, 0.6) is 0 Å². The molecule has 1 heteroatoms. The van der Waals surface area contributed by atoms with Gasteiger partial charge in [0.25, 0.3) is 0 Å². The Morgan fingerprint density at radius 3 is 2.44 bits per heavy atom. The summed E-state index contributed by atoms with van der Waals surface area (Å²) >= 11 is 0. The van der Waals surface area contributed by atoms with Crippen LogP contribution in [0, 0.1) is 23.7 Å². The van der Waals surface area contributed by atoms with Gasteiger partial charge in [-0.2, -0.15) is 0 Å². The number of rotatable bonds is 4. The lowest BCUT2D eigenvalue weighted by molar-refractivity contribution is 0.167. The fraction of sp³-hybridized carbons (Fsp3) is 1.00. The normalized spacial score (nSPS) is 43.7. The summed E-state index contributed by atoms with van der Waals surface area (Å²) in [6, 6.07) is 1.67. The van der Waals surface area contributed by atoms with Crippen LogP contribution in [0.15, 0.2) is 0 Å². The quantitative estimate of drug-likeness (QED) is 0.763. The van der Waals surface area contributed by atoms with E-state index in [-0.39, 0.29) is 0 Å². The van der Waals surface area contributed by atoms with E-state index in [1.807, 2.05) is 0 Å². The molecule has 2 aliphatic rings. The number of hydrogen-bond acceptors (Lipinski definition) is 1. The first-order valence-electron chi connectivity index (χ1n) is 7.37. The van der Waals surface area contributed by atoms with Gasteiger partial charge in [-0.15, -0.1) is 0 Å². The standard InChI is InChI=1S/C15H29N/c1-5-12-9-14(12)16-15-8-11(4)6-7-13(15)10(2)3/h10-16H,5-9H2,1-4H3. The highest BCUT2D eigenvalue weighted by molar-refractivity contribution is 4.97. The molecule has 16 heavy (non-hydrogen) atoms. The minimum Gasteiger partial charge on any atom is -0.311 e. The van der Waals surface area contributed by atoms with Crippen LogP contribution in [0.3, 0.4) is 0 Å². The van der Waals surface area contributed by atoms with Gasteiger partial charge in [-0.05, 0) is 42.9 Å². The molecular formula is C15H29N. The maximum Gasteiger partial charge on any atom is 0.0103 e. The molecule has 0 bridgehead atoms. The summed E-state index contributed by atoms with van der Waals surface area (Å²) in [5, 5.41) is 3.96. The van der Waals surface area contributed by atoms with Crippen LogP contribution in [0.4, 0.5) is 0 Å². The molecule has 0 aliphatic heterocycles. The zero-order valence-corrected chi connectivity index (χ0v) is 11.5. The van der Waals surface area contributed by atoms with Crippen LogP contribution >= 0.6 is 0 Å². The molecule has 94 valence electrons. The third kappa shape index (κ3) is 2.80. The molecular weight excluding hydrogens is 194 g/mol. The average Bonchev–Trinajstić information content (AvgIpc) is 2.96. The van der Waals surface area contributed by atoms with E-state index in [2.05, 4.69) is 33.0 Å². The van der Waals surface area contributed by atoms with E-state index in [4.69, 9.17) is 0 Å². The van der Waals surface area contributed by atoms with Crippen LogP contribution in [0.1, 0.15) is 59.8 Å². The van der Waals surface area contributed by atoms with Gasteiger partial charge in [0.2, 0.25) is 0 Å². The summed E-state index contributed by atoms with van der Waals surface area (Å²) < 4.78 is 0. The fourth-order valence-electron chi connectivity index (χ4n) is 3.57. The van der Waals surface area contributed by atoms with E-state index in [0.29, 0.717) is 0 Å². The highest BCUT2D eigenvalue weighted by atomic mass is 15.0. The molecule has 2 rings (SSSR count). The van der Waals surface area contributed by atoms with E-state index < -0.39 is 0 Å². The molecule has 5 atom stereocenters. The van der Waals surface area contributed by atoms with Crippen molar-refractivity contribution in [3.8, 4) is 0 Å². The Bertz CT molecular complexity index is 223. The molecule has 1 nitrogen and oxygen atoms in total. The largest absolute Gasteiger partial charge is 0.311 e. The van der Waals surface area contributed by atoms with Gasteiger partial charge < -0.3 is 5.32 Å². The Morgan fingerprint density at radius 2 is 1.88 bits per heavy atom. The molecule has 1 N–H and O–H groups in total. The zero-order valence-electron chi connectivity index (χ0n) is 11.5. The first-order chi connectivity index (χ1) is 7.61. The molecule has 0 aromatic heterocycles. The van der Waals surface area contributed by atoms with Crippen molar-refractivity contribution in [2.24, 2.45) is 23.7 Å². The van der Waals surface area contributed by atoms with Gasteiger partial charge >= 0.3 is 0 Å². The zero-order chi connectivity index (χ0) is 11.7. The molecule has 2 fully saturated rings. The second-order valence-electron chi connectivity index (χ2n) is 6.61.